The standard InChI is InChI=1S/C15H26N4O2.HI/c1-12(2)6-4-8-17-15(16-3)19-11-14(20)18-10-13-7-5-9-21-13;/h5,7,9,12H,4,6,8,10-11H2,1-3H3,(H,18,20)(H2,16,17,19);1H. The lowest BCUT2D eigenvalue weighted by Gasteiger charge is -2.12. The van der Waals surface area contributed by atoms with E-state index >= 15 is 0 Å². The average Bonchev–Trinajstić information content (AvgIpc) is 2.97. The van der Waals surface area contributed by atoms with Crippen LogP contribution in [0.2, 0.25) is 0 Å². The van der Waals surface area contributed by atoms with E-state index in [1.807, 2.05) is 6.07 Å². The van der Waals surface area contributed by atoms with E-state index in [1.54, 1.807) is 19.4 Å². The number of hydrogen-bond acceptors (Lipinski definition) is 3. The Bertz CT molecular complexity index is 433. The van der Waals surface area contributed by atoms with Crippen LogP contribution >= 0.6 is 24.0 Å². The second kappa shape index (κ2) is 12.3. The Hall–Kier alpha value is -1.25. The maximum absolute atomic E-state index is 11.7. The molecular formula is C15H27IN4O2. The zero-order valence-corrected chi connectivity index (χ0v) is 15.8. The largest absolute Gasteiger partial charge is 0.467 e. The summed E-state index contributed by atoms with van der Waals surface area (Å²) in [5, 5.41) is 8.94. The molecule has 0 atom stereocenters. The van der Waals surface area contributed by atoms with Crippen LogP contribution in [-0.2, 0) is 11.3 Å². The zero-order valence-electron chi connectivity index (χ0n) is 13.5. The molecule has 0 saturated heterocycles. The van der Waals surface area contributed by atoms with Crippen molar-refractivity contribution in [3.63, 3.8) is 0 Å². The number of aliphatic imine (C=N–C) groups is 1. The van der Waals surface area contributed by atoms with Crippen molar-refractivity contribution in [1.29, 1.82) is 0 Å². The predicted octanol–water partition coefficient (Wildman–Crippen LogP) is 2.12. The molecule has 126 valence electrons. The highest BCUT2D eigenvalue weighted by atomic mass is 127. The highest BCUT2D eigenvalue weighted by Crippen LogP contribution is 2.01. The van der Waals surface area contributed by atoms with E-state index in [0.29, 0.717) is 18.4 Å². The Labute approximate surface area is 149 Å². The summed E-state index contributed by atoms with van der Waals surface area (Å²) in [4.78, 5) is 15.8. The van der Waals surface area contributed by atoms with Gasteiger partial charge in [0.15, 0.2) is 5.96 Å². The maximum atomic E-state index is 11.7. The van der Waals surface area contributed by atoms with Crippen LogP contribution in [0.3, 0.4) is 0 Å². The van der Waals surface area contributed by atoms with Gasteiger partial charge in [0.1, 0.15) is 5.76 Å². The predicted molar refractivity (Wildman–Crippen MR) is 99.4 cm³/mol. The van der Waals surface area contributed by atoms with Gasteiger partial charge in [0, 0.05) is 13.6 Å². The SMILES string of the molecule is CN=C(NCCCC(C)C)NCC(=O)NCc1ccco1.I. The summed E-state index contributed by atoms with van der Waals surface area (Å²) in [6.07, 6.45) is 3.85. The normalized spacial score (nSPS) is 11.0. The molecule has 0 radical (unpaired) electrons. The third-order valence-corrected chi connectivity index (χ3v) is 2.93. The van der Waals surface area contributed by atoms with Crippen LogP contribution in [0.4, 0.5) is 0 Å². The zero-order chi connectivity index (χ0) is 15.5. The minimum atomic E-state index is -0.100. The molecule has 1 aromatic rings. The van der Waals surface area contributed by atoms with Crippen LogP contribution in [-0.4, -0.2) is 32.0 Å². The third-order valence-electron chi connectivity index (χ3n) is 2.93. The van der Waals surface area contributed by atoms with Crippen LogP contribution in [0.15, 0.2) is 27.8 Å². The molecule has 0 aliphatic heterocycles. The first-order valence-corrected chi connectivity index (χ1v) is 7.35. The minimum Gasteiger partial charge on any atom is -0.467 e. The second-order valence-corrected chi connectivity index (χ2v) is 5.24. The molecule has 22 heavy (non-hydrogen) atoms. The van der Waals surface area contributed by atoms with Gasteiger partial charge in [-0.3, -0.25) is 9.79 Å². The van der Waals surface area contributed by atoms with Crippen LogP contribution < -0.4 is 16.0 Å². The molecule has 6 nitrogen and oxygen atoms in total. The van der Waals surface area contributed by atoms with Crippen LogP contribution in [0, 0.1) is 5.92 Å². The van der Waals surface area contributed by atoms with Gasteiger partial charge in [0.05, 0.1) is 19.4 Å². The van der Waals surface area contributed by atoms with Gasteiger partial charge in [-0.15, -0.1) is 24.0 Å². The number of carbonyl (C=O) groups excluding carboxylic acids is 1. The number of guanidine groups is 1. The van der Waals surface area contributed by atoms with E-state index in [2.05, 4.69) is 34.8 Å². The van der Waals surface area contributed by atoms with Crippen LogP contribution in [0.25, 0.3) is 0 Å². The van der Waals surface area contributed by atoms with E-state index in [1.165, 1.54) is 6.42 Å². The summed E-state index contributed by atoms with van der Waals surface area (Å²) in [7, 11) is 1.69. The number of furan rings is 1. The van der Waals surface area contributed by atoms with Gasteiger partial charge in [0.25, 0.3) is 0 Å². The van der Waals surface area contributed by atoms with Crippen molar-refractivity contribution in [3.05, 3.63) is 24.2 Å². The molecule has 0 unspecified atom stereocenters. The molecule has 1 heterocycles. The van der Waals surface area contributed by atoms with Crippen LogP contribution in [0.5, 0.6) is 0 Å². The summed E-state index contributed by atoms with van der Waals surface area (Å²) in [5.41, 5.74) is 0. The molecule has 1 aromatic heterocycles. The molecule has 0 aromatic carbocycles. The van der Waals surface area contributed by atoms with Crippen LogP contribution in [0.1, 0.15) is 32.4 Å². The fourth-order valence-corrected chi connectivity index (χ4v) is 1.76. The van der Waals surface area contributed by atoms with Crippen molar-refractivity contribution < 1.29 is 9.21 Å². The Kier molecular flexibility index (Phi) is 11.6. The van der Waals surface area contributed by atoms with E-state index in [-0.39, 0.29) is 36.4 Å². The monoisotopic (exact) mass is 422 g/mol. The Balaban J connectivity index is 0.00000441. The molecule has 0 bridgehead atoms. The van der Waals surface area contributed by atoms with Gasteiger partial charge in [-0.05, 0) is 30.9 Å². The molecule has 0 aliphatic carbocycles. The highest BCUT2D eigenvalue weighted by Gasteiger charge is 2.04. The van der Waals surface area contributed by atoms with E-state index in [0.717, 1.165) is 18.7 Å². The lowest BCUT2D eigenvalue weighted by molar-refractivity contribution is -0.120. The number of halogens is 1. The van der Waals surface area contributed by atoms with Gasteiger partial charge in [-0.2, -0.15) is 0 Å². The Morgan fingerprint density at radius 3 is 2.68 bits per heavy atom. The van der Waals surface area contributed by atoms with Gasteiger partial charge in [-0.25, -0.2) is 0 Å². The van der Waals surface area contributed by atoms with Crippen molar-refractivity contribution in [2.75, 3.05) is 20.1 Å². The molecule has 7 heteroatoms. The molecule has 0 saturated carbocycles. The summed E-state index contributed by atoms with van der Waals surface area (Å²) in [5.74, 6) is 1.98. The third kappa shape index (κ3) is 9.64. The molecule has 0 spiro atoms. The number of amides is 1. The van der Waals surface area contributed by atoms with Crippen molar-refractivity contribution in [2.24, 2.45) is 10.9 Å². The van der Waals surface area contributed by atoms with Gasteiger partial charge in [0.2, 0.25) is 5.91 Å². The lowest BCUT2D eigenvalue weighted by atomic mass is 10.1. The maximum Gasteiger partial charge on any atom is 0.239 e. The fourth-order valence-electron chi connectivity index (χ4n) is 1.76. The molecule has 0 fully saturated rings. The Morgan fingerprint density at radius 2 is 2.09 bits per heavy atom. The molecule has 1 amide bonds. The first-order valence-electron chi connectivity index (χ1n) is 7.35. The summed E-state index contributed by atoms with van der Waals surface area (Å²) < 4.78 is 5.14. The van der Waals surface area contributed by atoms with Gasteiger partial charge >= 0.3 is 0 Å². The highest BCUT2D eigenvalue weighted by molar-refractivity contribution is 14.0. The molecular weight excluding hydrogens is 395 g/mol. The lowest BCUT2D eigenvalue weighted by Crippen LogP contribution is -2.43. The summed E-state index contributed by atoms with van der Waals surface area (Å²) in [6, 6.07) is 3.62. The minimum absolute atomic E-state index is 0. The molecule has 3 N–H and O–H groups in total. The number of nitrogens with zero attached hydrogens (tertiary/aromatic N) is 1. The topological polar surface area (TPSA) is 78.7 Å². The summed E-state index contributed by atoms with van der Waals surface area (Å²) >= 11 is 0. The Morgan fingerprint density at radius 1 is 1.32 bits per heavy atom. The van der Waals surface area contributed by atoms with Crippen molar-refractivity contribution in [3.8, 4) is 0 Å². The number of carbonyl (C=O) groups is 1. The second-order valence-electron chi connectivity index (χ2n) is 5.24. The number of nitrogens with one attached hydrogen (secondary N) is 3. The van der Waals surface area contributed by atoms with Gasteiger partial charge in [-0.1, -0.05) is 13.8 Å². The number of rotatable bonds is 8. The molecule has 0 aliphatic rings. The summed E-state index contributed by atoms with van der Waals surface area (Å²) in [6.45, 7) is 5.84. The van der Waals surface area contributed by atoms with Crippen molar-refractivity contribution in [2.45, 2.75) is 33.2 Å². The van der Waals surface area contributed by atoms with E-state index < -0.39 is 0 Å². The van der Waals surface area contributed by atoms with E-state index in [9.17, 15) is 4.79 Å². The first kappa shape index (κ1) is 20.8. The van der Waals surface area contributed by atoms with E-state index in [4.69, 9.17) is 4.42 Å². The molecule has 1 rings (SSSR count). The smallest absolute Gasteiger partial charge is 0.239 e. The number of hydrogen-bond donors (Lipinski definition) is 3. The van der Waals surface area contributed by atoms with Gasteiger partial charge < -0.3 is 20.4 Å². The van der Waals surface area contributed by atoms with Crippen molar-refractivity contribution in [1.82, 2.24) is 16.0 Å². The first-order chi connectivity index (χ1) is 10.1. The quantitative estimate of drug-likeness (QED) is 0.260. The van der Waals surface area contributed by atoms with Crippen molar-refractivity contribution >= 4 is 35.8 Å². The average molecular weight is 422 g/mol. The fraction of sp³-hybridized carbons (Fsp3) is 0.600.